The molecule has 1 heterocycles. The molecule has 34 heavy (non-hydrogen) atoms. The molecule has 1 aliphatic heterocycles. The van der Waals surface area contributed by atoms with Crippen LogP contribution in [0.15, 0.2) is 84.4 Å². The van der Waals surface area contributed by atoms with Crippen molar-refractivity contribution in [3.05, 3.63) is 95.6 Å². The summed E-state index contributed by atoms with van der Waals surface area (Å²) in [5.74, 6) is -0.862. The number of benzene rings is 3. The second-order valence-corrected chi connectivity index (χ2v) is 7.90. The maximum Gasteiger partial charge on any atom is 0.270 e. The van der Waals surface area contributed by atoms with E-state index in [1.165, 1.54) is 11.0 Å². The predicted octanol–water partition coefficient (Wildman–Crippen LogP) is 3.84. The van der Waals surface area contributed by atoms with Gasteiger partial charge in [-0.05, 0) is 66.7 Å². The Hall–Kier alpha value is -4.30. The van der Waals surface area contributed by atoms with Crippen LogP contribution in [-0.2, 0) is 14.4 Å². The first-order chi connectivity index (χ1) is 16.4. The van der Waals surface area contributed by atoms with Gasteiger partial charge in [0.2, 0.25) is 0 Å². The molecule has 1 fully saturated rings. The molecule has 1 saturated heterocycles. The summed E-state index contributed by atoms with van der Waals surface area (Å²) in [6, 6.07) is 23.1. The summed E-state index contributed by atoms with van der Waals surface area (Å²) in [5.41, 5.74) is 2.84. The molecular formula is C26H21N3O4S. The molecule has 0 aliphatic carbocycles. The lowest BCUT2D eigenvalue weighted by molar-refractivity contribution is -0.122. The Balaban J connectivity index is 1.43. The standard InChI is InChI=1S/C26H21N3O4S/c1-17-7-5-6-10-22(17)27-23(30)16-33-20-13-11-18(12-14-20)15-21-24(31)28-26(34)29(25(21)32)19-8-3-2-4-9-19/h2-15H,16H2,1H3,(H,27,30)(H,28,31,34)/b21-15-. The number of anilines is 2. The van der Waals surface area contributed by atoms with Crippen LogP contribution in [0.25, 0.3) is 6.08 Å². The third-order valence-corrected chi connectivity index (χ3v) is 5.38. The van der Waals surface area contributed by atoms with Gasteiger partial charge in [-0.3, -0.25) is 24.6 Å². The van der Waals surface area contributed by atoms with E-state index in [2.05, 4.69) is 10.6 Å². The number of aryl methyl sites for hydroxylation is 1. The number of thiocarbonyl (C=S) groups is 1. The van der Waals surface area contributed by atoms with Crippen LogP contribution in [0, 0.1) is 6.92 Å². The van der Waals surface area contributed by atoms with Gasteiger partial charge in [0.05, 0.1) is 5.69 Å². The average molecular weight is 472 g/mol. The Bertz CT molecular complexity index is 1290. The second-order valence-electron chi connectivity index (χ2n) is 7.51. The van der Waals surface area contributed by atoms with Gasteiger partial charge >= 0.3 is 0 Å². The lowest BCUT2D eigenvalue weighted by atomic mass is 10.1. The van der Waals surface area contributed by atoms with Gasteiger partial charge in [0, 0.05) is 5.69 Å². The molecule has 0 radical (unpaired) electrons. The molecule has 0 spiro atoms. The topological polar surface area (TPSA) is 87.7 Å². The van der Waals surface area contributed by atoms with E-state index in [-0.39, 0.29) is 23.2 Å². The number of nitrogens with zero attached hydrogens (tertiary/aromatic N) is 1. The number of para-hydroxylation sites is 2. The fourth-order valence-electron chi connectivity index (χ4n) is 3.34. The first kappa shape index (κ1) is 22.9. The highest BCUT2D eigenvalue weighted by Crippen LogP contribution is 2.22. The van der Waals surface area contributed by atoms with E-state index in [9.17, 15) is 14.4 Å². The molecule has 2 N–H and O–H groups in total. The van der Waals surface area contributed by atoms with Crippen LogP contribution in [-0.4, -0.2) is 29.4 Å². The molecule has 8 heteroatoms. The SMILES string of the molecule is Cc1ccccc1NC(=O)COc1ccc(/C=C2/C(=O)NC(=S)N(c3ccccc3)C2=O)cc1. The van der Waals surface area contributed by atoms with Gasteiger partial charge in [0.15, 0.2) is 11.7 Å². The van der Waals surface area contributed by atoms with Crippen molar-refractivity contribution in [3.8, 4) is 5.75 Å². The van der Waals surface area contributed by atoms with E-state index < -0.39 is 11.8 Å². The third-order valence-electron chi connectivity index (χ3n) is 5.10. The minimum absolute atomic E-state index is 0.0334. The van der Waals surface area contributed by atoms with E-state index in [1.807, 2.05) is 37.3 Å². The smallest absolute Gasteiger partial charge is 0.270 e. The maximum atomic E-state index is 13.0. The monoisotopic (exact) mass is 471 g/mol. The Kier molecular flexibility index (Phi) is 6.79. The van der Waals surface area contributed by atoms with Gasteiger partial charge < -0.3 is 10.1 Å². The highest BCUT2D eigenvalue weighted by molar-refractivity contribution is 7.80. The first-order valence-corrected chi connectivity index (χ1v) is 10.9. The van der Waals surface area contributed by atoms with Crippen LogP contribution in [0.5, 0.6) is 5.75 Å². The second kappa shape index (κ2) is 10.1. The fourth-order valence-corrected chi connectivity index (χ4v) is 3.63. The minimum atomic E-state index is -0.560. The summed E-state index contributed by atoms with van der Waals surface area (Å²) < 4.78 is 5.55. The number of amides is 3. The van der Waals surface area contributed by atoms with Gasteiger partial charge in [0.1, 0.15) is 11.3 Å². The summed E-state index contributed by atoms with van der Waals surface area (Å²) in [5, 5.41) is 5.40. The minimum Gasteiger partial charge on any atom is -0.484 e. The number of hydrogen-bond acceptors (Lipinski definition) is 5. The normalized spacial score (nSPS) is 14.7. The quantitative estimate of drug-likeness (QED) is 0.324. The van der Waals surface area contributed by atoms with E-state index in [0.29, 0.717) is 17.0 Å². The molecule has 4 rings (SSSR count). The maximum absolute atomic E-state index is 13.0. The van der Waals surface area contributed by atoms with Crippen molar-refractivity contribution in [2.24, 2.45) is 0 Å². The number of nitrogens with one attached hydrogen (secondary N) is 2. The third kappa shape index (κ3) is 5.19. The lowest BCUT2D eigenvalue weighted by Gasteiger charge is -2.28. The zero-order chi connectivity index (χ0) is 24.1. The number of hydrogen-bond donors (Lipinski definition) is 2. The summed E-state index contributed by atoms with van der Waals surface area (Å²) in [7, 11) is 0. The summed E-state index contributed by atoms with van der Waals surface area (Å²) in [6.45, 7) is 1.76. The first-order valence-electron chi connectivity index (χ1n) is 10.5. The van der Waals surface area contributed by atoms with Crippen LogP contribution in [0.3, 0.4) is 0 Å². The fraction of sp³-hybridized carbons (Fsp3) is 0.0769. The zero-order valence-electron chi connectivity index (χ0n) is 18.3. The van der Waals surface area contributed by atoms with Gasteiger partial charge in [-0.25, -0.2) is 0 Å². The van der Waals surface area contributed by atoms with E-state index in [4.69, 9.17) is 17.0 Å². The molecule has 0 saturated carbocycles. The molecule has 0 unspecified atom stereocenters. The Labute approximate surface area is 202 Å². The van der Waals surface area contributed by atoms with Crippen molar-refractivity contribution in [2.75, 3.05) is 16.8 Å². The van der Waals surface area contributed by atoms with Crippen molar-refractivity contribution >= 4 is 52.5 Å². The van der Waals surface area contributed by atoms with Crippen molar-refractivity contribution in [2.45, 2.75) is 6.92 Å². The van der Waals surface area contributed by atoms with Crippen molar-refractivity contribution in [3.63, 3.8) is 0 Å². The average Bonchev–Trinajstić information content (AvgIpc) is 2.83. The number of ether oxygens (including phenoxy) is 1. The highest BCUT2D eigenvalue weighted by atomic mass is 32.1. The predicted molar refractivity (Wildman–Crippen MR) is 134 cm³/mol. The highest BCUT2D eigenvalue weighted by Gasteiger charge is 2.34. The Morgan fingerprint density at radius 3 is 2.38 bits per heavy atom. The van der Waals surface area contributed by atoms with Crippen LogP contribution in [0.2, 0.25) is 0 Å². The van der Waals surface area contributed by atoms with Crippen molar-refractivity contribution < 1.29 is 19.1 Å². The molecular weight excluding hydrogens is 450 g/mol. The van der Waals surface area contributed by atoms with Crippen LogP contribution in [0.4, 0.5) is 11.4 Å². The number of carbonyl (C=O) groups is 3. The van der Waals surface area contributed by atoms with Crippen molar-refractivity contribution in [1.82, 2.24) is 5.32 Å². The largest absolute Gasteiger partial charge is 0.484 e. The molecule has 0 bridgehead atoms. The lowest BCUT2D eigenvalue weighted by Crippen LogP contribution is -2.54. The molecule has 3 aromatic rings. The van der Waals surface area contributed by atoms with Crippen LogP contribution >= 0.6 is 12.2 Å². The van der Waals surface area contributed by atoms with Crippen LogP contribution < -0.4 is 20.3 Å². The number of carbonyl (C=O) groups excluding carboxylic acids is 3. The summed E-state index contributed by atoms with van der Waals surface area (Å²) >= 11 is 5.19. The van der Waals surface area contributed by atoms with Crippen molar-refractivity contribution in [1.29, 1.82) is 0 Å². The van der Waals surface area contributed by atoms with Gasteiger partial charge in [-0.2, -0.15) is 0 Å². The summed E-state index contributed by atoms with van der Waals surface area (Å²) in [4.78, 5) is 38.9. The van der Waals surface area contributed by atoms with Gasteiger partial charge in [-0.15, -0.1) is 0 Å². The molecule has 3 aromatic carbocycles. The van der Waals surface area contributed by atoms with Crippen LogP contribution in [0.1, 0.15) is 11.1 Å². The molecule has 0 atom stereocenters. The number of rotatable bonds is 6. The molecule has 170 valence electrons. The van der Waals surface area contributed by atoms with Gasteiger partial charge in [-0.1, -0.05) is 48.5 Å². The zero-order valence-corrected chi connectivity index (χ0v) is 19.1. The van der Waals surface area contributed by atoms with E-state index in [0.717, 1.165) is 11.3 Å². The van der Waals surface area contributed by atoms with E-state index in [1.54, 1.807) is 48.5 Å². The molecule has 3 amide bonds. The molecule has 7 nitrogen and oxygen atoms in total. The van der Waals surface area contributed by atoms with Gasteiger partial charge in [0.25, 0.3) is 17.7 Å². The van der Waals surface area contributed by atoms with E-state index >= 15 is 0 Å². The summed E-state index contributed by atoms with van der Waals surface area (Å²) in [6.07, 6.45) is 1.49. The Morgan fingerprint density at radius 2 is 1.68 bits per heavy atom. The molecule has 0 aromatic heterocycles. The molecule has 1 aliphatic rings. The Morgan fingerprint density at radius 1 is 1.00 bits per heavy atom.